The van der Waals surface area contributed by atoms with Crippen molar-refractivity contribution in [3.05, 3.63) is 29.6 Å². The maximum absolute atomic E-state index is 4.44. The number of nitrogens with zero attached hydrogens (tertiary/aromatic N) is 3. The number of hydrogen-bond donors (Lipinski definition) is 2. The zero-order valence-electron chi connectivity index (χ0n) is 13.0. The minimum atomic E-state index is 0. The number of hydrogen-bond acceptors (Lipinski definition) is 2. The molecule has 114 valence electrons. The summed E-state index contributed by atoms with van der Waals surface area (Å²) in [6, 6.07) is 0.289. The maximum Gasteiger partial charge on any atom is 0.191 e. The Morgan fingerprint density at radius 2 is 2.15 bits per heavy atom. The number of guanidine groups is 1. The van der Waals surface area contributed by atoms with E-state index in [2.05, 4.69) is 48.1 Å². The molecule has 0 saturated carbocycles. The predicted molar refractivity (Wildman–Crippen MR) is 96.0 cm³/mol. The van der Waals surface area contributed by atoms with Gasteiger partial charge in [0.15, 0.2) is 5.96 Å². The number of aryl methyl sites for hydroxylation is 2. The molecule has 0 saturated heterocycles. The average Bonchev–Trinajstić information content (AvgIpc) is 2.61. The van der Waals surface area contributed by atoms with Gasteiger partial charge in [-0.05, 0) is 32.8 Å². The van der Waals surface area contributed by atoms with Crippen LogP contribution in [0.2, 0.25) is 0 Å². The molecule has 1 aromatic rings. The highest BCUT2D eigenvalue weighted by atomic mass is 127. The van der Waals surface area contributed by atoms with Crippen molar-refractivity contribution in [3.8, 4) is 0 Å². The Kier molecular flexibility index (Phi) is 8.52. The third-order valence-corrected chi connectivity index (χ3v) is 3.19. The Morgan fingerprint density at radius 3 is 2.60 bits per heavy atom. The fourth-order valence-electron chi connectivity index (χ4n) is 2.07. The van der Waals surface area contributed by atoms with Gasteiger partial charge in [-0.15, -0.1) is 30.6 Å². The Bertz CT molecular complexity index is 464. The zero-order chi connectivity index (χ0) is 14.4. The number of aliphatic imine (C=N–C) groups is 1. The average molecular weight is 391 g/mol. The minimum absolute atomic E-state index is 0. The summed E-state index contributed by atoms with van der Waals surface area (Å²) in [5, 5.41) is 11.0. The van der Waals surface area contributed by atoms with Crippen LogP contribution in [0.3, 0.4) is 0 Å². The van der Waals surface area contributed by atoms with E-state index < -0.39 is 0 Å². The van der Waals surface area contributed by atoms with Crippen molar-refractivity contribution >= 4 is 29.9 Å². The van der Waals surface area contributed by atoms with Gasteiger partial charge in [0.05, 0.1) is 5.69 Å². The van der Waals surface area contributed by atoms with Gasteiger partial charge in [0, 0.05) is 32.4 Å². The van der Waals surface area contributed by atoms with Gasteiger partial charge in [-0.3, -0.25) is 9.67 Å². The van der Waals surface area contributed by atoms with Gasteiger partial charge in [-0.2, -0.15) is 5.10 Å². The van der Waals surface area contributed by atoms with Gasteiger partial charge in [0.25, 0.3) is 0 Å². The van der Waals surface area contributed by atoms with Crippen molar-refractivity contribution in [2.45, 2.75) is 33.2 Å². The summed E-state index contributed by atoms with van der Waals surface area (Å²) in [6.45, 7) is 10.7. The summed E-state index contributed by atoms with van der Waals surface area (Å²) in [5.74, 6) is 0.798. The summed E-state index contributed by atoms with van der Waals surface area (Å²) in [6.07, 6.45) is 2.74. The van der Waals surface area contributed by atoms with E-state index in [0.717, 1.165) is 18.1 Å². The molecule has 6 heteroatoms. The van der Waals surface area contributed by atoms with E-state index in [-0.39, 0.29) is 30.0 Å². The highest BCUT2D eigenvalue weighted by molar-refractivity contribution is 14.0. The molecule has 0 fully saturated rings. The van der Waals surface area contributed by atoms with Crippen molar-refractivity contribution in [1.82, 2.24) is 20.4 Å². The lowest BCUT2D eigenvalue weighted by Crippen LogP contribution is -2.43. The molecule has 0 spiro atoms. The van der Waals surface area contributed by atoms with Crippen LogP contribution in [-0.2, 0) is 13.5 Å². The summed E-state index contributed by atoms with van der Waals surface area (Å²) < 4.78 is 1.93. The molecule has 0 amide bonds. The van der Waals surface area contributed by atoms with E-state index in [9.17, 15) is 0 Å². The van der Waals surface area contributed by atoms with Crippen LogP contribution in [0.25, 0.3) is 0 Å². The van der Waals surface area contributed by atoms with Crippen molar-refractivity contribution in [3.63, 3.8) is 0 Å². The third kappa shape index (κ3) is 5.15. The predicted octanol–water partition coefficient (Wildman–Crippen LogP) is 1.94. The molecule has 1 atom stereocenters. The second-order valence-corrected chi connectivity index (χ2v) is 4.76. The molecule has 1 rings (SSSR count). The van der Waals surface area contributed by atoms with Crippen molar-refractivity contribution in [2.24, 2.45) is 12.0 Å². The lowest BCUT2D eigenvalue weighted by Gasteiger charge is -2.17. The van der Waals surface area contributed by atoms with E-state index in [1.807, 2.05) is 17.8 Å². The molecular weight excluding hydrogens is 365 g/mol. The highest BCUT2D eigenvalue weighted by Crippen LogP contribution is 2.13. The molecular formula is C14H26IN5. The van der Waals surface area contributed by atoms with E-state index in [1.54, 1.807) is 7.05 Å². The van der Waals surface area contributed by atoms with Crippen LogP contribution >= 0.6 is 24.0 Å². The summed E-state index contributed by atoms with van der Waals surface area (Å²) in [4.78, 5) is 4.18. The fraction of sp³-hybridized carbons (Fsp3) is 0.571. The minimum Gasteiger partial charge on any atom is -0.354 e. The van der Waals surface area contributed by atoms with Crippen LogP contribution in [0.15, 0.2) is 17.6 Å². The molecule has 1 unspecified atom stereocenters. The molecule has 2 N–H and O–H groups in total. The van der Waals surface area contributed by atoms with Crippen LogP contribution in [0.1, 0.15) is 23.9 Å². The molecule has 5 nitrogen and oxygen atoms in total. The van der Waals surface area contributed by atoms with E-state index >= 15 is 0 Å². The van der Waals surface area contributed by atoms with E-state index in [4.69, 9.17) is 0 Å². The quantitative estimate of drug-likeness (QED) is 0.349. The van der Waals surface area contributed by atoms with E-state index in [0.29, 0.717) is 6.54 Å². The smallest absolute Gasteiger partial charge is 0.191 e. The molecule has 0 bridgehead atoms. The summed E-state index contributed by atoms with van der Waals surface area (Å²) >= 11 is 0. The van der Waals surface area contributed by atoms with Crippen LogP contribution in [0.5, 0.6) is 0 Å². The van der Waals surface area contributed by atoms with Crippen molar-refractivity contribution in [1.29, 1.82) is 0 Å². The maximum atomic E-state index is 4.44. The number of nitrogens with one attached hydrogen (secondary N) is 2. The molecule has 20 heavy (non-hydrogen) atoms. The highest BCUT2D eigenvalue weighted by Gasteiger charge is 2.13. The lowest BCUT2D eigenvalue weighted by atomic mass is 10.1. The van der Waals surface area contributed by atoms with Gasteiger partial charge in [-0.25, -0.2) is 0 Å². The molecule has 0 radical (unpaired) electrons. The molecule has 0 aliphatic rings. The van der Waals surface area contributed by atoms with Gasteiger partial charge < -0.3 is 10.6 Å². The zero-order valence-corrected chi connectivity index (χ0v) is 15.4. The molecule has 0 aliphatic heterocycles. The number of rotatable bonds is 5. The molecule has 0 aromatic carbocycles. The topological polar surface area (TPSA) is 54.2 Å². The summed E-state index contributed by atoms with van der Waals surface area (Å²) in [7, 11) is 3.75. The molecule has 1 heterocycles. The first-order valence-electron chi connectivity index (χ1n) is 6.56. The molecule has 0 aliphatic carbocycles. The Hall–Kier alpha value is -1.05. The van der Waals surface area contributed by atoms with Crippen LogP contribution < -0.4 is 10.6 Å². The first kappa shape index (κ1) is 18.9. The SMILES string of the molecule is C=CCNC(=NC)NC(C)Cc1c(C)nn(C)c1C.I. The Morgan fingerprint density at radius 1 is 1.50 bits per heavy atom. The first-order chi connectivity index (χ1) is 8.99. The Balaban J connectivity index is 0.00000361. The standard InChI is InChI=1S/C14H25N5.HI/c1-7-8-16-14(15-5)17-10(2)9-13-11(3)18-19(6)12(13)4;/h7,10H,1,8-9H2,2-6H3,(H2,15,16,17);1H. The first-order valence-corrected chi connectivity index (χ1v) is 6.56. The normalized spacial score (nSPS) is 12.6. The van der Waals surface area contributed by atoms with Gasteiger partial charge >= 0.3 is 0 Å². The second kappa shape index (κ2) is 8.99. The van der Waals surface area contributed by atoms with Gasteiger partial charge in [0.1, 0.15) is 0 Å². The van der Waals surface area contributed by atoms with Gasteiger partial charge in [0.2, 0.25) is 0 Å². The number of aromatic nitrogens is 2. The largest absolute Gasteiger partial charge is 0.354 e. The van der Waals surface area contributed by atoms with Crippen LogP contribution in [0, 0.1) is 13.8 Å². The summed E-state index contributed by atoms with van der Waals surface area (Å²) in [5.41, 5.74) is 3.63. The van der Waals surface area contributed by atoms with Crippen LogP contribution in [-0.4, -0.2) is 35.4 Å². The van der Waals surface area contributed by atoms with E-state index in [1.165, 1.54) is 11.3 Å². The number of halogens is 1. The molecule has 1 aromatic heterocycles. The lowest BCUT2D eigenvalue weighted by molar-refractivity contribution is 0.640. The van der Waals surface area contributed by atoms with Crippen LogP contribution in [0.4, 0.5) is 0 Å². The third-order valence-electron chi connectivity index (χ3n) is 3.19. The van der Waals surface area contributed by atoms with Gasteiger partial charge in [-0.1, -0.05) is 6.08 Å². The van der Waals surface area contributed by atoms with Crippen molar-refractivity contribution < 1.29 is 0 Å². The second-order valence-electron chi connectivity index (χ2n) is 4.76. The van der Waals surface area contributed by atoms with Crippen molar-refractivity contribution in [2.75, 3.05) is 13.6 Å². The Labute approximate surface area is 139 Å². The fourth-order valence-corrected chi connectivity index (χ4v) is 2.07. The monoisotopic (exact) mass is 391 g/mol.